The van der Waals surface area contributed by atoms with E-state index in [9.17, 15) is 14.7 Å². The number of rotatable bonds is 2. The van der Waals surface area contributed by atoms with Crippen LogP contribution >= 0.6 is 15.9 Å². The first-order valence-corrected chi connectivity index (χ1v) is 7.85. The molecule has 2 amide bonds. The molecule has 0 radical (unpaired) electrons. The number of amides is 2. The van der Waals surface area contributed by atoms with Crippen molar-refractivity contribution in [2.75, 3.05) is 11.9 Å². The average molecular weight is 355 g/mol. The van der Waals surface area contributed by atoms with Gasteiger partial charge in [0.2, 0.25) is 0 Å². The summed E-state index contributed by atoms with van der Waals surface area (Å²) in [4.78, 5) is 25.2. The summed E-state index contributed by atoms with van der Waals surface area (Å²) in [6.07, 6.45) is 3.16. The SMILES string of the molecule is Cc1c(Br)cccc1NC(=O)N1CCCCCC1C(=O)O. The van der Waals surface area contributed by atoms with E-state index in [1.54, 1.807) is 0 Å². The Balaban J connectivity index is 2.17. The van der Waals surface area contributed by atoms with Gasteiger partial charge in [-0.15, -0.1) is 0 Å². The van der Waals surface area contributed by atoms with Crippen molar-refractivity contribution < 1.29 is 14.7 Å². The molecule has 1 aliphatic rings. The smallest absolute Gasteiger partial charge is 0.326 e. The fourth-order valence-electron chi connectivity index (χ4n) is 2.54. The van der Waals surface area contributed by atoms with E-state index in [1.807, 2.05) is 25.1 Å². The van der Waals surface area contributed by atoms with Crippen molar-refractivity contribution in [3.8, 4) is 0 Å². The highest BCUT2D eigenvalue weighted by Crippen LogP contribution is 2.25. The molecule has 1 atom stereocenters. The lowest BCUT2D eigenvalue weighted by atomic mass is 10.1. The van der Waals surface area contributed by atoms with E-state index in [0.717, 1.165) is 29.3 Å². The fraction of sp³-hybridized carbons (Fsp3) is 0.467. The first kappa shape index (κ1) is 15.8. The molecule has 21 heavy (non-hydrogen) atoms. The van der Waals surface area contributed by atoms with Crippen molar-refractivity contribution >= 4 is 33.6 Å². The highest BCUT2D eigenvalue weighted by molar-refractivity contribution is 9.10. The van der Waals surface area contributed by atoms with Crippen LogP contribution < -0.4 is 5.32 Å². The van der Waals surface area contributed by atoms with E-state index in [4.69, 9.17) is 0 Å². The standard InChI is InChI=1S/C15H19BrN2O3/c1-10-11(16)6-5-7-12(10)17-15(21)18-9-4-2-3-8-13(18)14(19)20/h5-7,13H,2-4,8-9H2,1H3,(H,17,21)(H,19,20). The van der Waals surface area contributed by atoms with Gasteiger partial charge in [0.15, 0.2) is 0 Å². The third-order valence-electron chi connectivity index (χ3n) is 3.81. The number of carboxylic acids is 1. The van der Waals surface area contributed by atoms with E-state index < -0.39 is 12.0 Å². The molecule has 0 bridgehead atoms. The van der Waals surface area contributed by atoms with Crippen LogP contribution in [0.1, 0.15) is 31.2 Å². The van der Waals surface area contributed by atoms with Gasteiger partial charge in [0.1, 0.15) is 6.04 Å². The van der Waals surface area contributed by atoms with Crippen molar-refractivity contribution in [2.45, 2.75) is 38.6 Å². The molecule has 0 aliphatic carbocycles. The summed E-state index contributed by atoms with van der Waals surface area (Å²) in [5, 5.41) is 12.1. The first-order valence-electron chi connectivity index (χ1n) is 7.06. The number of hydrogen-bond donors (Lipinski definition) is 2. The van der Waals surface area contributed by atoms with Crippen LogP contribution in [0.3, 0.4) is 0 Å². The van der Waals surface area contributed by atoms with E-state index in [2.05, 4.69) is 21.2 Å². The van der Waals surface area contributed by atoms with Crippen LogP contribution in [0.25, 0.3) is 0 Å². The number of likely N-dealkylation sites (tertiary alicyclic amines) is 1. The van der Waals surface area contributed by atoms with Gasteiger partial charge in [-0.05, 0) is 37.5 Å². The molecular formula is C15H19BrN2O3. The van der Waals surface area contributed by atoms with Gasteiger partial charge >= 0.3 is 12.0 Å². The predicted octanol–water partition coefficient (Wildman–Crippen LogP) is 3.62. The van der Waals surface area contributed by atoms with Crippen molar-refractivity contribution in [2.24, 2.45) is 0 Å². The second-order valence-corrected chi connectivity index (χ2v) is 6.09. The maximum absolute atomic E-state index is 12.4. The minimum atomic E-state index is -0.932. The third-order valence-corrected chi connectivity index (χ3v) is 4.67. The Bertz CT molecular complexity index is 548. The molecule has 0 saturated carbocycles. The summed E-state index contributed by atoms with van der Waals surface area (Å²) < 4.78 is 0.908. The fourth-order valence-corrected chi connectivity index (χ4v) is 2.90. The Kier molecular flexibility index (Phi) is 5.22. The Morgan fingerprint density at radius 1 is 1.33 bits per heavy atom. The van der Waals surface area contributed by atoms with Crippen LogP contribution in [-0.4, -0.2) is 34.6 Å². The number of anilines is 1. The second-order valence-electron chi connectivity index (χ2n) is 5.24. The van der Waals surface area contributed by atoms with Crippen molar-refractivity contribution in [3.63, 3.8) is 0 Å². The average Bonchev–Trinajstić information content (AvgIpc) is 2.69. The Hall–Kier alpha value is -1.56. The number of carbonyl (C=O) groups is 2. The molecule has 0 spiro atoms. The van der Waals surface area contributed by atoms with Gasteiger partial charge in [-0.3, -0.25) is 0 Å². The molecule has 2 N–H and O–H groups in total. The number of carboxylic acid groups (broad SMARTS) is 1. The summed E-state index contributed by atoms with van der Waals surface area (Å²) in [5.41, 5.74) is 1.62. The lowest BCUT2D eigenvalue weighted by molar-refractivity contribution is -0.142. The second kappa shape index (κ2) is 6.93. The Labute approximate surface area is 132 Å². The zero-order valence-electron chi connectivity index (χ0n) is 11.9. The molecule has 0 aromatic heterocycles. The van der Waals surface area contributed by atoms with Gasteiger partial charge in [-0.2, -0.15) is 0 Å². The van der Waals surface area contributed by atoms with E-state index >= 15 is 0 Å². The lowest BCUT2D eigenvalue weighted by Crippen LogP contribution is -2.46. The summed E-state index contributed by atoms with van der Waals surface area (Å²) in [5.74, 6) is -0.932. The molecule has 1 aromatic rings. The van der Waals surface area contributed by atoms with Crippen LogP contribution in [0.4, 0.5) is 10.5 Å². The van der Waals surface area contributed by atoms with Crippen LogP contribution in [0.2, 0.25) is 0 Å². The number of urea groups is 1. The maximum atomic E-state index is 12.4. The molecule has 1 saturated heterocycles. The summed E-state index contributed by atoms with van der Waals surface area (Å²) in [6.45, 7) is 2.38. The van der Waals surface area contributed by atoms with Crippen LogP contribution in [0.5, 0.6) is 0 Å². The largest absolute Gasteiger partial charge is 0.480 e. The molecule has 1 aliphatic heterocycles. The predicted molar refractivity (Wildman–Crippen MR) is 84.5 cm³/mol. The number of nitrogens with one attached hydrogen (secondary N) is 1. The van der Waals surface area contributed by atoms with Crippen LogP contribution in [0.15, 0.2) is 22.7 Å². The quantitative estimate of drug-likeness (QED) is 0.851. The monoisotopic (exact) mass is 354 g/mol. The minimum absolute atomic E-state index is 0.342. The molecule has 1 unspecified atom stereocenters. The lowest BCUT2D eigenvalue weighted by Gasteiger charge is -2.27. The Morgan fingerprint density at radius 3 is 2.81 bits per heavy atom. The zero-order chi connectivity index (χ0) is 15.4. The summed E-state index contributed by atoms with van der Waals surface area (Å²) in [6, 6.07) is 4.47. The van der Waals surface area contributed by atoms with Gasteiger partial charge in [-0.1, -0.05) is 34.8 Å². The number of nitrogens with zero attached hydrogens (tertiary/aromatic N) is 1. The summed E-state index contributed by atoms with van der Waals surface area (Å²) >= 11 is 3.42. The number of halogens is 1. The zero-order valence-corrected chi connectivity index (χ0v) is 13.5. The van der Waals surface area contributed by atoms with Crippen LogP contribution in [-0.2, 0) is 4.79 Å². The third kappa shape index (κ3) is 3.75. The van der Waals surface area contributed by atoms with Gasteiger partial charge in [0, 0.05) is 16.7 Å². The van der Waals surface area contributed by atoms with Crippen LogP contribution in [0, 0.1) is 6.92 Å². The molecule has 114 valence electrons. The molecule has 1 heterocycles. The van der Waals surface area contributed by atoms with E-state index in [-0.39, 0.29) is 6.03 Å². The molecule has 2 rings (SSSR count). The van der Waals surface area contributed by atoms with Gasteiger partial charge in [0.05, 0.1) is 0 Å². The topological polar surface area (TPSA) is 69.6 Å². The Morgan fingerprint density at radius 2 is 2.10 bits per heavy atom. The number of hydrogen-bond acceptors (Lipinski definition) is 2. The molecule has 6 heteroatoms. The van der Waals surface area contributed by atoms with Gasteiger partial charge < -0.3 is 15.3 Å². The van der Waals surface area contributed by atoms with E-state index in [1.165, 1.54) is 4.90 Å². The molecule has 1 fully saturated rings. The van der Waals surface area contributed by atoms with Crippen molar-refractivity contribution in [1.82, 2.24) is 4.90 Å². The number of carbonyl (C=O) groups excluding carboxylic acids is 1. The highest BCUT2D eigenvalue weighted by Gasteiger charge is 2.30. The van der Waals surface area contributed by atoms with Crippen molar-refractivity contribution in [3.05, 3.63) is 28.2 Å². The highest BCUT2D eigenvalue weighted by atomic mass is 79.9. The summed E-state index contributed by atoms with van der Waals surface area (Å²) in [7, 11) is 0. The molecule has 1 aromatic carbocycles. The van der Waals surface area contributed by atoms with Gasteiger partial charge in [-0.25, -0.2) is 9.59 Å². The van der Waals surface area contributed by atoms with E-state index in [0.29, 0.717) is 18.7 Å². The molecular weight excluding hydrogens is 336 g/mol. The first-order chi connectivity index (χ1) is 10.0. The number of benzene rings is 1. The normalized spacial score (nSPS) is 19.0. The maximum Gasteiger partial charge on any atom is 0.326 e. The number of aliphatic carboxylic acids is 1. The minimum Gasteiger partial charge on any atom is -0.480 e. The van der Waals surface area contributed by atoms with Gasteiger partial charge in [0.25, 0.3) is 0 Å². The van der Waals surface area contributed by atoms with Crippen molar-refractivity contribution in [1.29, 1.82) is 0 Å². The molecule has 5 nitrogen and oxygen atoms in total.